The molecule has 180 valence electrons. The third kappa shape index (κ3) is 3.74. The Balaban J connectivity index is 1.34. The minimum Gasteiger partial charge on any atom is -0.300 e. The minimum atomic E-state index is -3.75. The number of aryl methyl sites for hydroxylation is 1. The van der Waals surface area contributed by atoms with Crippen molar-refractivity contribution in [3.05, 3.63) is 41.5 Å². The van der Waals surface area contributed by atoms with Gasteiger partial charge in [-0.1, -0.05) is 43.2 Å². The summed E-state index contributed by atoms with van der Waals surface area (Å²) >= 11 is 0. The van der Waals surface area contributed by atoms with E-state index >= 15 is 0 Å². The van der Waals surface area contributed by atoms with E-state index in [0.29, 0.717) is 30.0 Å². The molecule has 4 aliphatic carbocycles. The molecule has 5 heteroatoms. The molecule has 4 aliphatic rings. The van der Waals surface area contributed by atoms with Crippen LogP contribution in [0.3, 0.4) is 0 Å². The van der Waals surface area contributed by atoms with Crippen LogP contribution in [0.1, 0.15) is 77.7 Å². The smallest absolute Gasteiger partial charge is 0.297 e. The number of fused-ring (bicyclic) bond motifs is 5. The second kappa shape index (κ2) is 8.05. The van der Waals surface area contributed by atoms with Crippen LogP contribution in [-0.4, -0.2) is 20.3 Å². The van der Waals surface area contributed by atoms with Gasteiger partial charge in [0.25, 0.3) is 10.1 Å². The molecule has 0 aliphatic heterocycles. The van der Waals surface area contributed by atoms with Crippen LogP contribution in [0.25, 0.3) is 0 Å². The van der Waals surface area contributed by atoms with E-state index in [9.17, 15) is 13.2 Å². The van der Waals surface area contributed by atoms with Crippen molar-refractivity contribution >= 4 is 15.9 Å². The Bertz CT molecular complexity index is 1070. The Morgan fingerprint density at radius 2 is 1.73 bits per heavy atom. The number of hydrogen-bond acceptors (Lipinski definition) is 4. The van der Waals surface area contributed by atoms with Crippen LogP contribution < -0.4 is 0 Å². The molecule has 1 aromatic carbocycles. The molecule has 3 fully saturated rings. The lowest BCUT2D eigenvalue weighted by Crippen LogP contribution is -2.51. The van der Waals surface area contributed by atoms with Crippen LogP contribution in [0.4, 0.5) is 0 Å². The standard InChI is InChI=1S/C28H38O4S/c1-18-5-8-22(9-6-18)33(30,31)32-21-13-15-27(3)20(17-21)7-10-23-25-12-11-24(19(2)29)28(25,4)16-14-26(23)27/h5-9,21,23-26H,10-17H2,1-4H3/t21?,23-,24?,25-,26-,27-,28+/m0/s1. The first-order valence-electron chi connectivity index (χ1n) is 12.7. The summed E-state index contributed by atoms with van der Waals surface area (Å²) in [6, 6.07) is 6.90. The van der Waals surface area contributed by atoms with Crippen molar-refractivity contribution in [2.24, 2.45) is 34.5 Å². The monoisotopic (exact) mass is 470 g/mol. The summed E-state index contributed by atoms with van der Waals surface area (Å²) in [4.78, 5) is 12.6. The van der Waals surface area contributed by atoms with E-state index in [1.165, 1.54) is 18.4 Å². The van der Waals surface area contributed by atoms with Crippen molar-refractivity contribution < 1.29 is 17.4 Å². The highest BCUT2D eigenvalue weighted by Gasteiger charge is 2.59. The molecule has 0 saturated heterocycles. The van der Waals surface area contributed by atoms with Crippen molar-refractivity contribution in [2.45, 2.75) is 90.1 Å². The zero-order valence-corrected chi connectivity index (χ0v) is 21.3. The van der Waals surface area contributed by atoms with Crippen LogP contribution in [0, 0.1) is 41.4 Å². The molecule has 0 N–H and O–H groups in total. The number of rotatable bonds is 4. The van der Waals surface area contributed by atoms with E-state index in [1.807, 2.05) is 19.1 Å². The van der Waals surface area contributed by atoms with Gasteiger partial charge in [0.2, 0.25) is 0 Å². The number of carbonyl (C=O) groups is 1. The largest absolute Gasteiger partial charge is 0.300 e. The van der Waals surface area contributed by atoms with Crippen molar-refractivity contribution in [3.8, 4) is 0 Å². The summed E-state index contributed by atoms with van der Waals surface area (Å²) in [6.07, 6.45) is 10.2. The normalized spacial score (nSPS) is 40.4. The molecule has 0 radical (unpaired) electrons. The predicted octanol–water partition coefficient (Wildman–Crippen LogP) is 6.24. The summed E-state index contributed by atoms with van der Waals surface area (Å²) in [7, 11) is -3.75. The van der Waals surface area contributed by atoms with E-state index in [-0.39, 0.29) is 27.7 Å². The van der Waals surface area contributed by atoms with Crippen LogP contribution in [0.15, 0.2) is 40.8 Å². The maximum atomic E-state index is 12.9. The van der Waals surface area contributed by atoms with Gasteiger partial charge in [-0.3, -0.25) is 8.98 Å². The molecular weight excluding hydrogens is 432 g/mol. The Labute approximate surface area is 199 Å². The zero-order chi connectivity index (χ0) is 23.6. The van der Waals surface area contributed by atoms with Gasteiger partial charge in [-0.05, 0) is 106 Å². The van der Waals surface area contributed by atoms with Gasteiger partial charge in [0, 0.05) is 5.92 Å². The highest BCUT2D eigenvalue weighted by atomic mass is 32.2. The zero-order valence-electron chi connectivity index (χ0n) is 20.5. The third-order valence-electron chi connectivity index (χ3n) is 10.1. The lowest BCUT2D eigenvalue weighted by molar-refractivity contribution is -0.127. The predicted molar refractivity (Wildman–Crippen MR) is 129 cm³/mol. The Morgan fingerprint density at radius 1 is 1.00 bits per heavy atom. The van der Waals surface area contributed by atoms with E-state index in [4.69, 9.17) is 4.18 Å². The first-order chi connectivity index (χ1) is 15.5. The molecule has 4 nitrogen and oxygen atoms in total. The topological polar surface area (TPSA) is 60.4 Å². The molecule has 0 amide bonds. The summed E-state index contributed by atoms with van der Waals surface area (Å²) < 4.78 is 31.5. The van der Waals surface area contributed by atoms with Crippen molar-refractivity contribution in [3.63, 3.8) is 0 Å². The lowest BCUT2D eigenvalue weighted by Gasteiger charge is -2.58. The first-order valence-corrected chi connectivity index (χ1v) is 14.2. The molecule has 1 aromatic rings. The maximum absolute atomic E-state index is 12.9. The summed E-state index contributed by atoms with van der Waals surface area (Å²) in [5, 5.41) is 0. The fourth-order valence-electron chi connectivity index (χ4n) is 8.32. The van der Waals surface area contributed by atoms with Gasteiger partial charge in [-0.15, -0.1) is 0 Å². The maximum Gasteiger partial charge on any atom is 0.297 e. The molecule has 2 unspecified atom stereocenters. The second-order valence-corrected chi connectivity index (χ2v) is 13.3. The second-order valence-electron chi connectivity index (χ2n) is 11.8. The van der Waals surface area contributed by atoms with Crippen LogP contribution in [-0.2, 0) is 19.1 Å². The number of benzene rings is 1. The van der Waals surface area contributed by atoms with Crippen molar-refractivity contribution in [1.82, 2.24) is 0 Å². The molecule has 3 saturated carbocycles. The average molecular weight is 471 g/mol. The van der Waals surface area contributed by atoms with Crippen LogP contribution >= 0.6 is 0 Å². The quantitative estimate of drug-likeness (QED) is 0.386. The summed E-state index contributed by atoms with van der Waals surface area (Å²) in [5.41, 5.74) is 2.73. The highest BCUT2D eigenvalue weighted by Crippen LogP contribution is 2.66. The fraction of sp³-hybridized carbons (Fsp3) is 0.679. The number of allylic oxidation sites excluding steroid dienone is 1. The van der Waals surface area contributed by atoms with E-state index < -0.39 is 10.1 Å². The molecule has 0 spiro atoms. The van der Waals surface area contributed by atoms with Crippen molar-refractivity contribution in [1.29, 1.82) is 0 Å². The first kappa shape index (κ1) is 23.3. The summed E-state index contributed by atoms with van der Waals surface area (Å²) in [6.45, 7) is 8.54. The van der Waals surface area contributed by atoms with Crippen molar-refractivity contribution in [2.75, 3.05) is 0 Å². The average Bonchev–Trinajstić information content (AvgIpc) is 3.11. The fourth-order valence-corrected chi connectivity index (χ4v) is 9.42. The van der Waals surface area contributed by atoms with E-state index in [0.717, 1.165) is 37.7 Å². The van der Waals surface area contributed by atoms with Crippen LogP contribution in [0.2, 0.25) is 0 Å². The Hall–Kier alpha value is -1.46. The van der Waals surface area contributed by atoms with Gasteiger partial charge >= 0.3 is 0 Å². The molecule has 7 atom stereocenters. The van der Waals surface area contributed by atoms with E-state index in [1.54, 1.807) is 19.1 Å². The molecule has 0 bridgehead atoms. The lowest BCUT2D eigenvalue weighted by atomic mass is 9.47. The Morgan fingerprint density at radius 3 is 2.42 bits per heavy atom. The van der Waals surface area contributed by atoms with Gasteiger partial charge in [0.1, 0.15) is 5.78 Å². The number of Topliss-reactive ketones (excluding diaryl/α,β-unsaturated/α-hetero) is 1. The van der Waals surface area contributed by atoms with Gasteiger partial charge in [-0.2, -0.15) is 8.42 Å². The molecule has 5 rings (SSSR count). The number of hydrogen-bond donors (Lipinski definition) is 0. The summed E-state index contributed by atoms with van der Waals surface area (Å²) in [5.74, 6) is 2.53. The number of ketones is 1. The molecule has 0 aromatic heterocycles. The van der Waals surface area contributed by atoms with E-state index in [2.05, 4.69) is 19.9 Å². The SMILES string of the molecule is CC(=O)C1CC[C@H]2[C@@H]3CC=C4CC(OS(=O)(=O)c5ccc(C)cc5)CC[C@]4(C)[C@H]3CC[C@]12C. The van der Waals surface area contributed by atoms with Gasteiger partial charge < -0.3 is 0 Å². The molecule has 0 heterocycles. The molecular formula is C28H38O4S. The van der Waals surface area contributed by atoms with Gasteiger partial charge in [-0.25, -0.2) is 0 Å². The highest BCUT2D eigenvalue weighted by molar-refractivity contribution is 7.86. The van der Waals surface area contributed by atoms with Crippen LogP contribution in [0.5, 0.6) is 0 Å². The minimum absolute atomic E-state index is 0.131. The van der Waals surface area contributed by atoms with Gasteiger partial charge in [0.15, 0.2) is 0 Å². The Kier molecular flexibility index (Phi) is 5.68. The van der Waals surface area contributed by atoms with Gasteiger partial charge in [0.05, 0.1) is 11.0 Å². The number of carbonyl (C=O) groups excluding carboxylic acids is 1. The third-order valence-corrected chi connectivity index (χ3v) is 11.5. The molecule has 33 heavy (non-hydrogen) atoms.